The smallest absolute Gasteiger partial charge is 0.181 e. The second-order valence-electron chi connectivity index (χ2n) is 3.92. The van der Waals surface area contributed by atoms with Crippen molar-refractivity contribution < 1.29 is 4.74 Å². The maximum Gasteiger partial charge on any atom is 0.181 e. The highest BCUT2D eigenvalue weighted by molar-refractivity contribution is 9.10. The number of rotatable bonds is 5. The quantitative estimate of drug-likeness (QED) is 0.842. The largest absolute Gasteiger partial charge is 0.496 e. The number of H-pyrrole nitrogens is 1. The van der Waals surface area contributed by atoms with Gasteiger partial charge in [-0.25, -0.2) is 4.98 Å². The highest BCUT2D eigenvalue weighted by atomic mass is 79.9. The van der Waals surface area contributed by atoms with E-state index >= 15 is 0 Å². The van der Waals surface area contributed by atoms with Gasteiger partial charge in [-0.05, 0) is 34.1 Å². The average Bonchev–Trinajstić information content (AvgIpc) is 2.95. The van der Waals surface area contributed by atoms with Crippen molar-refractivity contribution in [2.24, 2.45) is 0 Å². The molecule has 0 fully saturated rings. The summed E-state index contributed by atoms with van der Waals surface area (Å²) in [6.45, 7) is 7.41. The summed E-state index contributed by atoms with van der Waals surface area (Å²) in [6.07, 6.45) is 5.20. The number of aromatic amines is 1. The summed E-state index contributed by atoms with van der Waals surface area (Å²) in [5.74, 6) is 1.99. The number of halogens is 1. The summed E-state index contributed by atoms with van der Waals surface area (Å²) in [6, 6.07) is 5.70. The van der Waals surface area contributed by atoms with Crippen LogP contribution in [0.5, 0.6) is 5.75 Å². The Bertz CT molecular complexity index is 674. The van der Waals surface area contributed by atoms with Gasteiger partial charge in [-0.3, -0.25) is 5.10 Å². The molecule has 1 aromatic heterocycles. The molecular weight excluding hydrogens is 318 g/mol. The van der Waals surface area contributed by atoms with Gasteiger partial charge in [-0.15, -0.1) is 0 Å². The lowest BCUT2D eigenvalue weighted by Gasteiger charge is -2.03. The summed E-state index contributed by atoms with van der Waals surface area (Å²) in [7, 11) is 1.62. The van der Waals surface area contributed by atoms with Gasteiger partial charge in [-0.1, -0.05) is 31.4 Å². The van der Waals surface area contributed by atoms with Crippen LogP contribution in [-0.4, -0.2) is 22.3 Å². The van der Waals surface area contributed by atoms with Gasteiger partial charge in [0.1, 0.15) is 5.75 Å². The van der Waals surface area contributed by atoms with Crippen molar-refractivity contribution >= 4 is 21.5 Å². The minimum Gasteiger partial charge on any atom is -0.496 e. The zero-order chi connectivity index (χ0) is 14.5. The number of hydrogen-bond donors (Lipinski definition) is 1. The summed E-state index contributed by atoms with van der Waals surface area (Å²) < 4.78 is 6.15. The Morgan fingerprint density at radius 1 is 1.40 bits per heavy atom. The predicted octanol–water partition coefficient (Wildman–Crippen LogP) is 4.00. The Morgan fingerprint density at radius 2 is 2.20 bits per heavy atom. The minimum absolute atomic E-state index is 0.600. The first-order chi connectivity index (χ1) is 9.69. The van der Waals surface area contributed by atoms with E-state index in [0.29, 0.717) is 11.6 Å². The molecule has 5 heteroatoms. The van der Waals surface area contributed by atoms with Crippen LogP contribution in [0, 0.1) is 0 Å². The summed E-state index contributed by atoms with van der Waals surface area (Å²) >= 11 is 3.42. The van der Waals surface area contributed by atoms with Crippen molar-refractivity contribution in [1.82, 2.24) is 15.2 Å². The van der Waals surface area contributed by atoms with Crippen LogP contribution in [0.15, 0.2) is 54.1 Å². The molecule has 0 radical (unpaired) electrons. The van der Waals surface area contributed by atoms with Crippen LogP contribution >= 0.6 is 15.9 Å². The maximum atomic E-state index is 5.27. The monoisotopic (exact) mass is 331 g/mol. The molecule has 0 aliphatic rings. The van der Waals surface area contributed by atoms with E-state index in [1.807, 2.05) is 24.3 Å². The summed E-state index contributed by atoms with van der Waals surface area (Å²) in [5.41, 5.74) is 1.71. The molecule has 0 aliphatic heterocycles. The van der Waals surface area contributed by atoms with E-state index in [-0.39, 0.29) is 0 Å². The van der Waals surface area contributed by atoms with Gasteiger partial charge in [0.15, 0.2) is 11.6 Å². The Kier molecular flexibility index (Phi) is 4.53. The number of benzene rings is 1. The molecule has 0 saturated carbocycles. The molecule has 1 heterocycles. The van der Waals surface area contributed by atoms with E-state index in [2.05, 4.69) is 44.3 Å². The van der Waals surface area contributed by atoms with Crippen LogP contribution in [0.25, 0.3) is 17.0 Å². The van der Waals surface area contributed by atoms with Crippen molar-refractivity contribution in [3.05, 3.63) is 59.9 Å². The molecule has 102 valence electrons. The molecule has 0 unspecified atom stereocenters. The van der Waals surface area contributed by atoms with Crippen molar-refractivity contribution in [3.63, 3.8) is 0 Å². The molecule has 20 heavy (non-hydrogen) atoms. The van der Waals surface area contributed by atoms with Crippen LogP contribution in [-0.2, 0) is 0 Å². The molecule has 1 N–H and O–H groups in total. The number of allylic oxidation sites excluding steroid dienone is 4. The molecule has 2 aromatic rings. The molecule has 0 atom stereocenters. The van der Waals surface area contributed by atoms with Gasteiger partial charge in [0, 0.05) is 11.1 Å². The SMILES string of the molecule is C=C/C=C(\C=C)c1nc(-c2ccc(Br)c(OC)c2)n[nH]1. The third-order valence-electron chi connectivity index (χ3n) is 2.69. The van der Waals surface area contributed by atoms with Crippen molar-refractivity contribution in [1.29, 1.82) is 0 Å². The van der Waals surface area contributed by atoms with Crippen LogP contribution in [0.3, 0.4) is 0 Å². The first-order valence-corrected chi connectivity index (χ1v) is 6.70. The van der Waals surface area contributed by atoms with Gasteiger partial charge in [0.25, 0.3) is 0 Å². The Balaban J connectivity index is 2.40. The summed E-state index contributed by atoms with van der Waals surface area (Å²) in [4.78, 5) is 4.45. The fraction of sp³-hybridized carbons (Fsp3) is 0.0667. The Morgan fingerprint density at radius 3 is 2.85 bits per heavy atom. The lowest BCUT2D eigenvalue weighted by molar-refractivity contribution is 0.412. The third kappa shape index (κ3) is 2.88. The second-order valence-corrected chi connectivity index (χ2v) is 4.77. The minimum atomic E-state index is 0.600. The predicted molar refractivity (Wildman–Crippen MR) is 84.4 cm³/mol. The average molecular weight is 332 g/mol. The zero-order valence-corrected chi connectivity index (χ0v) is 12.6. The fourth-order valence-corrected chi connectivity index (χ4v) is 2.10. The van der Waals surface area contributed by atoms with E-state index in [4.69, 9.17) is 4.74 Å². The van der Waals surface area contributed by atoms with E-state index in [1.165, 1.54) is 0 Å². The molecule has 0 bridgehead atoms. The first kappa shape index (κ1) is 14.3. The molecule has 0 spiro atoms. The van der Waals surface area contributed by atoms with Gasteiger partial charge in [-0.2, -0.15) is 5.10 Å². The number of aromatic nitrogens is 3. The Labute approximate surface area is 126 Å². The third-order valence-corrected chi connectivity index (χ3v) is 3.34. The van der Waals surface area contributed by atoms with Crippen LogP contribution < -0.4 is 4.74 Å². The molecule has 1 aromatic carbocycles. The van der Waals surface area contributed by atoms with E-state index in [1.54, 1.807) is 19.3 Å². The molecule has 0 saturated heterocycles. The number of hydrogen-bond acceptors (Lipinski definition) is 3. The van der Waals surface area contributed by atoms with E-state index in [9.17, 15) is 0 Å². The van der Waals surface area contributed by atoms with Gasteiger partial charge < -0.3 is 4.74 Å². The standard InChI is InChI=1S/C15H14BrN3O/c1-4-6-10(5-2)14-17-15(19-18-14)11-7-8-12(16)13(9-11)20-3/h4-9H,1-2H2,3H3,(H,17,18,19)/b10-6+. The number of ether oxygens (including phenoxy) is 1. The van der Waals surface area contributed by atoms with Crippen molar-refractivity contribution in [2.75, 3.05) is 7.11 Å². The molecular formula is C15H14BrN3O. The van der Waals surface area contributed by atoms with E-state index in [0.717, 1.165) is 21.4 Å². The van der Waals surface area contributed by atoms with Crippen LogP contribution in [0.1, 0.15) is 5.82 Å². The lowest BCUT2D eigenvalue weighted by Crippen LogP contribution is -1.87. The first-order valence-electron chi connectivity index (χ1n) is 5.91. The molecule has 0 aliphatic carbocycles. The highest BCUT2D eigenvalue weighted by Gasteiger charge is 2.10. The molecule has 2 rings (SSSR count). The topological polar surface area (TPSA) is 50.8 Å². The van der Waals surface area contributed by atoms with Gasteiger partial charge in [0.05, 0.1) is 11.6 Å². The number of methoxy groups -OCH3 is 1. The lowest BCUT2D eigenvalue weighted by atomic mass is 10.2. The van der Waals surface area contributed by atoms with Gasteiger partial charge in [0.2, 0.25) is 0 Å². The van der Waals surface area contributed by atoms with Crippen LogP contribution in [0.4, 0.5) is 0 Å². The number of nitrogens with one attached hydrogen (secondary N) is 1. The van der Waals surface area contributed by atoms with Crippen LogP contribution in [0.2, 0.25) is 0 Å². The number of nitrogens with zero attached hydrogens (tertiary/aromatic N) is 2. The molecule has 4 nitrogen and oxygen atoms in total. The molecule has 0 amide bonds. The second kappa shape index (κ2) is 6.34. The zero-order valence-electron chi connectivity index (χ0n) is 11.1. The van der Waals surface area contributed by atoms with E-state index < -0.39 is 0 Å². The highest BCUT2D eigenvalue weighted by Crippen LogP contribution is 2.29. The summed E-state index contributed by atoms with van der Waals surface area (Å²) in [5, 5.41) is 7.10. The fourth-order valence-electron chi connectivity index (χ4n) is 1.69. The Hall–Kier alpha value is -2.14. The van der Waals surface area contributed by atoms with Crippen molar-refractivity contribution in [2.45, 2.75) is 0 Å². The normalized spacial score (nSPS) is 11.2. The maximum absolute atomic E-state index is 5.27. The van der Waals surface area contributed by atoms with Crippen molar-refractivity contribution in [3.8, 4) is 17.1 Å². The van der Waals surface area contributed by atoms with Gasteiger partial charge >= 0.3 is 0 Å².